The summed E-state index contributed by atoms with van der Waals surface area (Å²) in [5.74, 6) is 0.153. The SMILES string of the molecule is CCCOC1CCCN(C(=O)CCn2cnnn2)C1. The number of piperidine rings is 1. The van der Waals surface area contributed by atoms with E-state index in [-0.39, 0.29) is 12.0 Å². The maximum absolute atomic E-state index is 12.1. The highest BCUT2D eigenvalue weighted by molar-refractivity contribution is 5.76. The van der Waals surface area contributed by atoms with Crippen molar-refractivity contribution in [2.24, 2.45) is 0 Å². The summed E-state index contributed by atoms with van der Waals surface area (Å²) in [5.41, 5.74) is 0. The fraction of sp³-hybridized carbons (Fsp3) is 0.833. The average molecular weight is 267 g/mol. The number of hydrogen-bond donors (Lipinski definition) is 0. The van der Waals surface area contributed by atoms with Crippen molar-refractivity contribution in [2.75, 3.05) is 19.7 Å². The van der Waals surface area contributed by atoms with Crippen molar-refractivity contribution >= 4 is 5.91 Å². The van der Waals surface area contributed by atoms with E-state index in [0.29, 0.717) is 19.5 Å². The smallest absolute Gasteiger partial charge is 0.224 e. The van der Waals surface area contributed by atoms with E-state index in [9.17, 15) is 4.79 Å². The number of amides is 1. The molecule has 7 nitrogen and oxygen atoms in total. The first-order valence-corrected chi connectivity index (χ1v) is 6.89. The number of tetrazole rings is 1. The first-order chi connectivity index (χ1) is 9.29. The minimum absolute atomic E-state index is 0.153. The van der Waals surface area contributed by atoms with Crippen molar-refractivity contribution in [3.8, 4) is 0 Å². The zero-order chi connectivity index (χ0) is 13.5. The lowest BCUT2D eigenvalue weighted by Gasteiger charge is -2.32. The second-order valence-corrected chi connectivity index (χ2v) is 4.80. The molecule has 1 aliphatic heterocycles. The third-order valence-corrected chi connectivity index (χ3v) is 3.23. The van der Waals surface area contributed by atoms with Gasteiger partial charge in [-0.25, -0.2) is 4.68 Å². The van der Waals surface area contributed by atoms with Gasteiger partial charge in [-0.05, 0) is 29.7 Å². The van der Waals surface area contributed by atoms with Crippen LogP contribution in [0.4, 0.5) is 0 Å². The van der Waals surface area contributed by atoms with Crippen LogP contribution in [-0.2, 0) is 16.1 Å². The maximum Gasteiger partial charge on any atom is 0.224 e. The van der Waals surface area contributed by atoms with Gasteiger partial charge >= 0.3 is 0 Å². The first-order valence-electron chi connectivity index (χ1n) is 6.89. The molecule has 0 spiro atoms. The number of nitrogens with zero attached hydrogens (tertiary/aromatic N) is 5. The van der Waals surface area contributed by atoms with Crippen LogP contribution in [0.2, 0.25) is 0 Å². The van der Waals surface area contributed by atoms with Gasteiger partial charge in [-0.1, -0.05) is 6.92 Å². The molecule has 0 bridgehead atoms. The average Bonchev–Trinajstić information content (AvgIpc) is 2.96. The van der Waals surface area contributed by atoms with Crippen molar-refractivity contribution < 1.29 is 9.53 Å². The molecule has 0 saturated carbocycles. The van der Waals surface area contributed by atoms with Crippen LogP contribution in [0.25, 0.3) is 0 Å². The van der Waals surface area contributed by atoms with Crippen molar-refractivity contribution in [1.82, 2.24) is 25.1 Å². The molecule has 7 heteroatoms. The van der Waals surface area contributed by atoms with Gasteiger partial charge < -0.3 is 9.64 Å². The zero-order valence-corrected chi connectivity index (χ0v) is 11.4. The number of carbonyl (C=O) groups is 1. The van der Waals surface area contributed by atoms with E-state index in [2.05, 4.69) is 22.4 Å². The monoisotopic (exact) mass is 267 g/mol. The zero-order valence-electron chi connectivity index (χ0n) is 11.4. The topological polar surface area (TPSA) is 73.1 Å². The second-order valence-electron chi connectivity index (χ2n) is 4.80. The highest BCUT2D eigenvalue weighted by atomic mass is 16.5. The molecule has 1 atom stereocenters. The van der Waals surface area contributed by atoms with Gasteiger partial charge in [-0.3, -0.25) is 4.79 Å². The van der Waals surface area contributed by atoms with Gasteiger partial charge in [-0.15, -0.1) is 5.10 Å². The number of rotatable bonds is 6. The Morgan fingerprint density at radius 3 is 3.16 bits per heavy atom. The van der Waals surface area contributed by atoms with Crippen molar-refractivity contribution in [3.05, 3.63) is 6.33 Å². The lowest BCUT2D eigenvalue weighted by molar-refractivity contribution is -0.135. The summed E-state index contributed by atoms with van der Waals surface area (Å²) >= 11 is 0. The van der Waals surface area contributed by atoms with Gasteiger partial charge in [0.2, 0.25) is 5.91 Å². The van der Waals surface area contributed by atoms with Gasteiger partial charge in [0.05, 0.1) is 12.6 Å². The van der Waals surface area contributed by atoms with E-state index in [1.54, 1.807) is 4.68 Å². The van der Waals surface area contributed by atoms with Crippen LogP contribution < -0.4 is 0 Å². The maximum atomic E-state index is 12.1. The van der Waals surface area contributed by atoms with Crippen LogP contribution in [0.15, 0.2) is 6.33 Å². The summed E-state index contributed by atoms with van der Waals surface area (Å²) in [6.45, 7) is 4.95. The largest absolute Gasteiger partial charge is 0.376 e. The van der Waals surface area contributed by atoms with Gasteiger partial charge in [0.1, 0.15) is 6.33 Å². The van der Waals surface area contributed by atoms with Gasteiger partial charge in [0.15, 0.2) is 0 Å². The van der Waals surface area contributed by atoms with Gasteiger partial charge in [0, 0.05) is 26.1 Å². The summed E-state index contributed by atoms with van der Waals surface area (Å²) in [4.78, 5) is 14.0. The summed E-state index contributed by atoms with van der Waals surface area (Å²) in [6, 6.07) is 0. The molecule has 0 radical (unpaired) electrons. The third kappa shape index (κ3) is 4.27. The minimum atomic E-state index is 0.153. The number of aromatic nitrogens is 4. The molecule has 1 aliphatic rings. The Hall–Kier alpha value is -1.50. The molecule has 1 aromatic rings. The minimum Gasteiger partial charge on any atom is -0.376 e. The first kappa shape index (κ1) is 13.9. The molecular formula is C12H21N5O2. The summed E-state index contributed by atoms with van der Waals surface area (Å²) < 4.78 is 7.31. The summed E-state index contributed by atoms with van der Waals surface area (Å²) in [6.07, 6.45) is 5.25. The number of carbonyl (C=O) groups excluding carboxylic acids is 1. The van der Waals surface area contributed by atoms with E-state index >= 15 is 0 Å². The molecule has 0 aromatic carbocycles. The molecule has 0 aliphatic carbocycles. The number of likely N-dealkylation sites (tertiary alicyclic amines) is 1. The molecule has 1 amide bonds. The standard InChI is InChI=1S/C12H21N5O2/c1-2-8-19-11-4-3-6-16(9-11)12(18)5-7-17-10-13-14-15-17/h10-11H,2-9H2,1H3. The molecule has 2 rings (SSSR count). The predicted octanol–water partition coefficient (Wildman–Crippen LogP) is 0.481. The van der Waals surface area contributed by atoms with Gasteiger partial charge in [-0.2, -0.15) is 0 Å². The molecule has 1 saturated heterocycles. The van der Waals surface area contributed by atoms with Crippen LogP contribution in [0.5, 0.6) is 0 Å². The lowest BCUT2D eigenvalue weighted by atomic mass is 10.1. The predicted molar refractivity (Wildman–Crippen MR) is 68.3 cm³/mol. The van der Waals surface area contributed by atoms with E-state index in [4.69, 9.17) is 4.74 Å². The van der Waals surface area contributed by atoms with Crippen LogP contribution in [0.3, 0.4) is 0 Å². The number of aryl methyl sites for hydroxylation is 1. The quantitative estimate of drug-likeness (QED) is 0.749. The normalized spacial score (nSPS) is 19.6. The van der Waals surface area contributed by atoms with Crippen molar-refractivity contribution in [1.29, 1.82) is 0 Å². The Balaban J connectivity index is 1.75. The molecule has 19 heavy (non-hydrogen) atoms. The Kier molecular flexibility index (Phi) is 5.26. The molecule has 1 aromatic heterocycles. The highest BCUT2D eigenvalue weighted by Crippen LogP contribution is 2.14. The fourth-order valence-electron chi connectivity index (χ4n) is 2.24. The van der Waals surface area contributed by atoms with Crippen LogP contribution >= 0.6 is 0 Å². The van der Waals surface area contributed by atoms with E-state index in [1.165, 1.54) is 6.33 Å². The second kappa shape index (κ2) is 7.18. The number of hydrogen-bond acceptors (Lipinski definition) is 5. The number of ether oxygens (including phenoxy) is 1. The molecule has 0 N–H and O–H groups in total. The summed E-state index contributed by atoms with van der Waals surface area (Å²) in [7, 11) is 0. The van der Waals surface area contributed by atoms with Crippen LogP contribution in [0, 0.1) is 0 Å². The van der Waals surface area contributed by atoms with E-state index in [1.807, 2.05) is 4.90 Å². The third-order valence-electron chi connectivity index (χ3n) is 3.23. The van der Waals surface area contributed by atoms with E-state index in [0.717, 1.165) is 32.4 Å². The highest BCUT2D eigenvalue weighted by Gasteiger charge is 2.23. The summed E-state index contributed by atoms with van der Waals surface area (Å²) in [5, 5.41) is 10.8. The molecule has 1 unspecified atom stereocenters. The molecule has 106 valence electrons. The Labute approximate surface area is 112 Å². The molecular weight excluding hydrogens is 246 g/mol. The van der Waals surface area contributed by atoms with Gasteiger partial charge in [0.25, 0.3) is 0 Å². The van der Waals surface area contributed by atoms with Crippen molar-refractivity contribution in [2.45, 2.75) is 45.3 Å². The van der Waals surface area contributed by atoms with E-state index < -0.39 is 0 Å². The Morgan fingerprint density at radius 2 is 2.42 bits per heavy atom. The van der Waals surface area contributed by atoms with Crippen molar-refractivity contribution in [3.63, 3.8) is 0 Å². The fourth-order valence-corrected chi connectivity index (χ4v) is 2.24. The Bertz CT molecular complexity index is 381. The molecule has 2 heterocycles. The Morgan fingerprint density at radius 1 is 1.53 bits per heavy atom. The lowest BCUT2D eigenvalue weighted by Crippen LogP contribution is -2.43. The van der Waals surface area contributed by atoms with Crippen LogP contribution in [0.1, 0.15) is 32.6 Å². The molecule has 1 fully saturated rings. The van der Waals surface area contributed by atoms with Crippen LogP contribution in [-0.4, -0.2) is 56.8 Å².